The van der Waals surface area contributed by atoms with Crippen LogP contribution in [0.3, 0.4) is 0 Å². The third kappa shape index (κ3) is 3.45. The molecule has 0 amide bonds. The highest BCUT2D eigenvalue weighted by Gasteiger charge is 2.00. The lowest BCUT2D eigenvalue weighted by Crippen LogP contribution is -2.15. The van der Waals surface area contributed by atoms with Crippen LogP contribution in [0.4, 0.5) is 0 Å². The predicted octanol–water partition coefficient (Wildman–Crippen LogP) is 4.42. The highest BCUT2D eigenvalue weighted by molar-refractivity contribution is 7.99. The summed E-state index contributed by atoms with van der Waals surface area (Å²) in [4.78, 5) is 6.24. The van der Waals surface area contributed by atoms with E-state index < -0.39 is 0 Å². The van der Waals surface area contributed by atoms with Gasteiger partial charge >= 0.3 is 0 Å². The summed E-state index contributed by atoms with van der Waals surface area (Å²) in [6, 6.07) is 15.0. The highest BCUT2D eigenvalue weighted by Crippen LogP contribution is 2.22. The molecule has 1 aromatic carbocycles. The number of aromatic amines is 1. The van der Waals surface area contributed by atoms with E-state index in [0.717, 1.165) is 18.8 Å². The van der Waals surface area contributed by atoms with Gasteiger partial charge in [-0.2, -0.15) is 0 Å². The largest absolute Gasteiger partial charge is 0.350 e. The van der Waals surface area contributed by atoms with Gasteiger partial charge in [-0.1, -0.05) is 18.2 Å². The van der Waals surface area contributed by atoms with Gasteiger partial charge in [0.2, 0.25) is 0 Å². The number of aromatic nitrogens is 1. The highest BCUT2D eigenvalue weighted by atomic mass is 32.2. The van der Waals surface area contributed by atoms with Crippen LogP contribution < -0.4 is 5.32 Å². The second-order valence-electron chi connectivity index (χ2n) is 4.76. The predicted molar refractivity (Wildman–Crippen MR) is 89.8 cm³/mol. The molecule has 2 nitrogen and oxygen atoms in total. The number of thiophene rings is 1. The van der Waals surface area contributed by atoms with Crippen molar-refractivity contribution in [1.29, 1.82) is 0 Å². The fourth-order valence-corrected chi connectivity index (χ4v) is 3.87. The van der Waals surface area contributed by atoms with E-state index >= 15 is 0 Å². The Balaban J connectivity index is 1.43. The lowest BCUT2D eigenvalue weighted by Gasteiger charge is -2.02. The normalized spacial score (nSPS) is 11.2. The molecule has 104 valence electrons. The molecule has 2 aromatic heterocycles. The minimum atomic E-state index is 0.978. The molecule has 0 bridgehead atoms. The Hall–Kier alpha value is -1.23. The maximum atomic E-state index is 3.49. The molecule has 0 atom stereocenters. The number of aryl methyl sites for hydroxylation is 1. The van der Waals surface area contributed by atoms with Crippen LogP contribution in [0.2, 0.25) is 0 Å². The number of hydrogen-bond donors (Lipinski definition) is 2. The first kappa shape index (κ1) is 13.7. The first-order valence-electron chi connectivity index (χ1n) is 6.78. The standard InChI is InChI=1S/C16H18N2S2/c1-12-6-7-14(20-12)11-17-8-9-19-16-10-13-4-2-3-5-15(13)18-16/h2-7,10,17-18H,8-9,11H2,1H3. The summed E-state index contributed by atoms with van der Waals surface area (Å²) in [7, 11) is 0. The molecule has 0 aliphatic carbocycles. The van der Waals surface area contributed by atoms with E-state index in [1.165, 1.54) is 25.7 Å². The van der Waals surface area contributed by atoms with Gasteiger partial charge in [0.25, 0.3) is 0 Å². The number of fused-ring (bicyclic) bond motifs is 1. The van der Waals surface area contributed by atoms with E-state index in [4.69, 9.17) is 0 Å². The topological polar surface area (TPSA) is 27.8 Å². The van der Waals surface area contributed by atoms with Gasteiger partial charge in [0.05, 0.1) is 5.03 Å². The Morgan fingerprint density at radius 2 is 2.10 bits per heavy atom. The van der Waals surface area contributed by atoms with Crippen molar-refractivity contribution in [2.24, 2.45) is 0 Å². The summed E-state index contributed by atoms with van der Waals surface area (Å²) in [5, 5.41) is 6.03. The van der Waals surface area contributed by atoms with Crippen molar-refractivity contribution in [3.05, 3.63) is 52.2 Å². The Bertz CT molecular complexity index is 651. The Labute approximate surface area is 127 Å². The minimum Gasteiger partial charge on any atom is -0.350 e. The average molecular weight is 302 g/mol. The molecule has 0 aliphatic heterocycles. The Morgan fingerprint density at radius 3 is 2.90 bits per heavy atom. The van der Waals surface area contributed by atoms with Gasteiger partial charge < -0.3 is 10.3 Å². The molecule has 4 heteroatoms. The zero-order valence-electron chi connectivity index (χ0n) is 11.5. The monoisotopic (exact) mass is 302 g/mol. The van der Waals surface area contributed by atoms with E-state index in [0.29, 0.717) is 0 Å². The van der Waals surface area contributed by atoms with Gasteiger partial charge in [-0.25, -0.2) is 0 Å². The van der Waals surface area contributed by atoms with Gasteiger partial charge in [-0.05, 0) is 31.2 Å². The molecule has 0 spiro atoms. The summed E-state index contributed by atoms with van der Waals surface area (Å²) in [5.74, 6) is 1.08. The van der Waals surface area contributed by atoms with Crippen molar-refractivity contribution in [1.82, 2.24) is 10.3 Å². The van der Waals surface area contributed by atoms with E-state index in [1.807, 2.05) is 23.1 Å². The molecule has 20 heavy (non-hydrogen) atoms. The number of rotatable bonds is 6. The second kappa shape index (κ2) is 6.48. The molecule has 0 radical (unpaired) electrons. The fraction of sp³-hybridized carbons (Fsp3) is 0.250. The third-order valence-corrected chi connectivity index (χ3v) is 5.08. The van der Waals surface area contributed by atoms with Crippen LogP contribution in [0, 0.1) is 6.92 Å². The third-order valence-electron chi connectivity index (χ3n) is 3.14. The minimum absolute atomic E-state index is 0.978. The number of nitrogens with one attached hydrogen (secondary N) is 2. The zero-order valence-corrected chi connectivity index (χ0v) is 13.1. The maximum Gasteiger partial charge on any atom is 0.0732 e. The van der Waals surface area contributed by atoms with Crippen LogP contribution in [-0.2, 0) is 6.54 Å². The Kier molecular flexibility index (Phi) is 4.45. The lowest BCUT2D eigenvalue weighted by molar-refractivity contribution is 0.741. The number of benzene rings is 1. The van der Waals surface area contributed by atoms with Crippen molar-refractivity contribution >= 4 is 34.0 Å². The summed E-state index contributed by atoms with van der Waals surface area (Å²) < 4.78 is 0. The van der Waals surface area contributed by atoms with Crippen molar-refractivity contribution in [2.75, 3.05) is 12.3 Å². The number of H-pyrrole nitrogens is 1. The van der Waals surface area contributed by atoms with E-state index in [2.05, 4.69) is 59.7 Å². The van der Waals surface area contributed by atoms with Crippen LogP contribution in [0.15, 0.2) is 47.5 Å². The first-order valence-corrected chi connectivity index (χ1v) is 8.58. The summed E-state index contributed by atoms with van der Waals surface area (Å²) >= 11 is 3.74. The first-order chi connectivity index (χ1) is 9.81. The van der Waals surface area contributed by atoms with Crippen LogP contribution in [0.25, 0.3) is 10.9 Å². The number of thioether (sulfide) groups is 1. The zero-order chi connectivity index (χ0) is 13.8. The molecular weight excluding hydrogens is 284 g/mol. The second-order valence-corrected chi connectivity index (χ2v) is 7.27. The molecule has 0 saturated heterocycles. The van der Waals surface area contributed by atoms with Gasteiger partial charge in [-0.15, -0.1) is 23.1 Å². The van der Waals surface area contributed by atoms with Crippen LogP contribution in [0.5, 0.6) is 0 Å². The van der Waals surface area contributed by atoms with Crippen molar-refractivity contribution < 1.29 is 0 Å². The molecule has 2 N–H and O–H groups in total. The summed E-state index contributed by atoms with van der Waals surface area (Å²) in [6.45, 7) is 4.16. The maximum absolute atomic E-state index is 3.49. The summed E-state index contributed by atoms with van der Waals surface area (Å²) in [5.41, 5.74) is 1.22. The average Bonchev–Trinajstić information content (AvgIpc) is 3.04. The van der Waals surface area contributed by atoms with Gasteiger partial charge in [0.15, 0.2) is 0 Å². The molecular formula is C16H18N2S2. The van der Waals surface area contributed by atoms with Crippen molar-refractivity contribution in [2.45, 2.75) is 18.5 Å². The van der Waals surface area contributed by atoms with Crippen molar-refractivity contribution in [3.8, 4) is 0 Å². The summed E-state index contributed by atoms with van der Waals surface area (Å²) in [6.07, 6.45) is 0. The van der Waals surface area contributed by atoms with Crippen LogP contribution in [-0.4, -0.2) is 17.3 Å². The Morgan fingerprint density at radius 1 is 1.20 bits per heavy atom. The molecule has 3 aromatic rings. The number of hydrogen-bond acceptors (Lipinski definition) is 3. The quantitative estimate of drug-likeness (QED) is 0.521. The smallest absolute Gasteiger partial charge is 0.0732 e. The molecule has 0 aliphatic rings. The fourth-order valence-electron chi connectivity index (χ4n) is 2.15. The molecule has 0 unspecified atom stereocenters. The van der Waals surface area contributed by atoms with Gasteiger partial charge in [-0.3, -0.25) is 0 Å². The molecule has 0 fully saturated rings. The molecule has 2 heterocycles. The van der Waals surface area contributed by atoms with E-state index in [9.17, 15) is 0 Å². The van der Waals surface area contributed by atoms with Crippen LogP contribution >= 0.6 is 23.1 Å². The molecule has 0 saturated carbocycles. The lowest BCUT2D eigenvalue weighted by atomic mass is 10.3. The van der Waals surface area contributed by atoms with Crippen molar-refractivity contribution in [3.63, 3.8) is 0 Å². The SMILES string of the molecule is Cc1ccc(CNCCSc2cc3ccccc3[nH]2)s1. The van der Waals surface area contributed by atoms with Gasteiger partial charge in [0.1, 0.15) is 0 Å². The molecule has 3 rings (SSSR count). The number of para-hydroxylation sites is 1. The van der Waals surface area contributed by atoms with E-state index in [1.54, 1.807) is 0 Å². The van der Waals surface area contributed by atoms with E-state index in [-0.39, 0.29) is 0 Å². The van der Waals surface area contributed by atoms with Crippen LogP contribution in [0.1, 0.15) is 9.75 Å². The van der Waals surface area contributed by atoms with Gasteiger partial charge in [0, 0.05) is 39.5 Å².